The van der Waals surface area contributed by atoms with Crippen LogP contribution in [-0.4, -0.2) is 37.2 Å². The normalized spacial score (nSPS) is 12.6. The Morgan fingerprint density at radius 1 is 0.276 bits per heavy atom. The molecular weight excluding hydrogens is 937 g/mol. The Morgan fingerprint density at radius 2 is 0.513 bits per heavy atom. The van der Waals surface area contributed by atoms with Crippen molar-refractivity contribution in [2.75, 3.05) is 13.2 Å². The molecule has 0 saturated heterocycles. The first-order valence-electron chi connectivity index (χ1n) is 32.6. The van der Waals surface area contributed by atoms with E-state index in [0.29, 0.717) is 19.3 Å². The molecule has 0 bridgehead atoms. The van der Waals surface area contributed by atoms with Crippen molar-refractivity contribution in [3.05, 3.63) is 85.1 Å². The molecule has 0 heterocycles. The van der Waals surface area contributed by atoms with E-state index in [1.807, 2.05) is 0 Å². The maximum absolute atomic E-state index is 12.9. The van der Waals surface area contributed by atoms with Gasteiger partial charge in [0.15, 0.2) is 6.10 Å². The summed E-state index contributed by atoms with van der Waals surface area (Å²) in [6.45, 7) is 6.54. The van der Waals surface area contributed by atoms with Gasteiger partial charge in [-0.2, -0.15) is 0 Å². The second kappa shape index (κ2) is 64.1. The van der Waals surface area contributed by atoms with Crippen LogP contribution in [0, 0.1) is 0 Å². The van der Waals surface area contributed by atoms with Gasteiger partial charge >= 0.3 is 17.9 Å². The second-order valence-electron chi connectivity index (χ2n) is 21.6. The number of carbonyl (C=O) groups excluding carboxylic acids is 3. The summed E-state index contributed by atoms with van der Waals surface area (Å²) < 4.78 is 16.9. The van der Waals surface area contributed by atoms with Gasteiger partial charge in [-0.15, -0.1) is 0 Å². The predicted octanol–water partition coefficient (Wildman–Crippen LogP) is 22.3. The van der Waals surface area contributed by atoms with Crippen molar-refractivity contribution in [2.45, 2.75) is 329 Å². The van der Waals surface area contributed by atoms with Gasteiger partial charge < -0.3 is 14.2 Å². The Balaban J connectivity index is 4.20. The molecule has 1 atom stereocenters. The SMILES string of the molecule is CC/C=C\C/C=C\C/C=C\C/C=C\C/C=C\C/C=C\CCCCCCCCCCCCCCC(=O)OCC(COC(=O)CCCCCCCCCCCCCC)OC(=O)CCCCCCC/C=C\CCCCCCCC. The van der Waals surface area contributed by atoms with E-state index in [0.717, 1.165) is 109 Å². The molecule has 1 unspecified atom stereocenters. The van der Waals surface area contributed by atoms with E-state index in [1.54, 1.807) is 0 Å². The highest BCUT2D eigenvalue weighted by molar-refractivity contribution is 5.71. The molecule has 0 aromatic carbocycles. The van der Waals surface area contributed by atoms with Gasteiger partial charge in [0.25, 0.3) is 0 Å². The average Bonchev–Trinajstić information content (AvgIpc) is 3.42. The highest BCUT2D eigenvalue weighted by atomic mass is 16.6. The number of carbonyl (C=O) groups is 3. The van der Waals surface area contributed by atoms with Crippen molar-refractivity contribution < 1.29 is 28.6 Å². The standard InChI is InChI=1S/C70H122O6/c1-4-7-10-13-16-19-22-25-27-28-29-30-31-32-33-34-35-36-37-38-39-40-41-42-44-45-48-51-54-57-60-63-69(72)75-66-67(65-74-68(71)62-59-56-53-50-47-24-21-18-15-12-9-6-3)76-70(73)64-61-58-55-52-49-46-43-26-23-20-17-14-11-8-5-2/h7,10,16,19,25-27,29-30,32-33,35-36,43,67H,4-6,8-9,11-15,17-18,20-24,28,31,34,37-42,44-66H2,1-3H3/b10-7-,19-16-,27-25-,30-29-,33-32-,36-35-,43-26-. The highest BCUT2D eigenvalue weighted by Gasteiger charge is 2.19. The number of unbranched alkanes of at least 4 members (excludes halogenated alkanes) is 34. The van der Waals surface area contributed by atoms with E-state index in [2.05, 4.69) is 106 Å². The summed E-state index contributed by atoms with van der Waals surface area (Å²) in [5.41, 5.74) is 0. The summed E-state index contributed by atoms with van der Waals surface area (Å²) in [5, 5.41) is 0. The van der Waals surface area contributed by atoms with Gasteiger partial charge in [-0.05, 0) is 96.3 Å². The van der Waals surface area contributed by atoms with E-state index < -0.39 is 6.10 Å². The maximum atomic E-state index is 12.9. The Morgan fingerprint density at radius 3 is 0.816 bits per heavy atom. The molecule has 76 heavy (non-hydrogen) atoms. The van der Waals surface area contributed by atoms with Crippen LogP contribution in [0.1, 0.15) is 323 Å². The predicted molar refractivity (Wildman–Crippen MR) is 330 cm³/mol. The Hall–Kier alpha value is -3.41. The monoisotopic (exact) mass is 1060 g/mol. The van der Waals surface area contributed by atoms with Gasteiger partial charge in [-0.3, -0.25) is 14.4 Å². The molecule has 0 rings (SSSR count). The van der Waals surface area contributed by atoms with Crippen LogP contribution in [0.5, 0.6) is 0 Å². The Kier molecular flexibility index (Phi) is 61.2. The molecule has 6 heteroatoms. The molecule has 0 fully saturated rings. The first-order chi connectivity index (χ1) is 37.5. The van der Waals surface area contributed by atoms with Crippen molar-refractivity contribution in [3.8, 4) is 0 Å². The molecule has 0 aliphatic carbocycles. The van der Waals surface area contributed by atoms with Crippen molar-refractivity contribution in [1.29, 1.82) is 0 Å². The van der Waals surface area contributed by atoms with Crippen molar-refractivity contribution in [2.24, 2.45) is 0 Å². The average molecular weight is 1060 g/mol. The van der Waals surface area contributed by atoms with Gasteiger partial charge in [-0.1, -0.05) is 292 Å². The Labute approximate surface area is 471 Å². The third kappa shape index (κ3) is 61.4. The number of hydrogen-bond donors (Lipinski definition) is 0. The molecule has 0 N–H and O–H groups in total. The van der Waals surface area contributed by atoms with Crippen molar-refractivity contribution in [3.63, 3.8) is 0 Å². The molecule has 0 amide bonds. The smallest absolute Gasteiger partial charge is 0.306 e. The fourth-order valence-corrected chi connectivity index (χ4v) is 9.27. The molecule has 0 aliphatic heterocycles. The van der Waals surface area contributed by atoms with Crippen LogP contribution in [0.15, 0.2) is 85.1 Å². The molecule has 0 saturated carbocycles. The summed E-state index contributed by atoms with van der Waals surface area (Å²) in [6, 6.07) is 0. The first-order valence-corrected chi connectivity index (χ1v) is 32.6. The molecule has 6 nitrogen and oxygen atoms in total. The topological polar surface area (TPSA) is 78.9 Å². The lowest BCUT2D eigenvalue weighted by atomic mass is 10.0. The maximum Gasteiger partial charge on any atom is 0.306 e. The minimum Gasteiger partial charge on any atom is -0.462 e. The lowest BCUT2D eigenvalue weighted by molar-refractivity contribution is -0.167. The van der Waals surface area contributed by atoms with Crippen LogP contribution in [0.25, 0.3) is 0 Å². The molecule has 0 aliphatic rings. The summed E-state index contributed by atoms with van der Waals surface area (Å²) in [6.07, 6.45) is 84.5. The quantitative estimate of drug-likeness (QED) is 0.0261. The summed E-state index contributed by atoms with van der Waals surface area (Å²) in [4.78, 5) is 38.2. The van der Waals surface area contributed by atoms with Crippen LogP contribution in [0.3, 0.4) is 0 Å². The highest BCUT2D eigenvalue weighted by Crippen LogP contribution is 2.16. The summed E-state index contributed by atoms with van der Waals surface area (Å²) in [7, 11) is 0. The zero-order valence-corrected chi connectivity index (χ0v) is 50.3. The van der Waals surface area contributed by atoms with Crippen molar-refractivity contribution >= 4 is 17.9 Å². The van der Waals surface area contributed by atoms with Crippen LogP contribution >= 0.6 is 0 Å². The fourth-order valence-electron chi connectivity index (χ4n) is 9.27. The Bertz CT molecular complexity index is 1450. The zero-order valence-electron chi connectivity index (χ0n) is 50.3. The zero-order chi connectivity index (χ0) is 55.0. The first kappa shape index (κ1) is 72.6. The molecule has 0 radical (unpaired) electrons. The molecule has 0 aromatic rings. The lowest BCUT2D eigenvalue weighted by Crippen LogP contribution is -2.30. The van der Waals surface area contributed by atoms with Gasteiger partial charge in [0.2, 0.25) is 0 Å². The number of esters is 3. The van der Waals surface area contributed by atoms with E-state index >= 15 is 0 Å². The van der Waals surface area contributed by atoms with Crippen molar-refractivity contribution in [1.82, 2.24) is 0 Å². The fraction of sp³-hybridized carbons (Fsp3) is 0.757. The molecule has 0 spiro atoms. The van der Waals surface area contributed by atoms with E-state index in [4.69, 9.17) is 14.2 Å². The minimum absolute atomic E-state index is 0.0758. The molecule has 438 valence electrons. The molecule has 0 aromatic heterocycles. The number of hydrogen-bond acceptors (Lipinski definition) is 6. The third-order valence-corrected chi connectivity index (χ3v) is 14.1. The van der Waals surface area contributed by atoms with Gasteiger partial charge in [0, 0.05) is 19.3 Å². The lowest BCUT2D eigenvalue weighted by Gasteiger charge is -2.18. The van der Waals surface area contributed by atoms with Crippen LogP contribution in [0.4, 0.5) is 0 Å². The van der Waals surface area contributed by atoms with Crippen LogP contribution in [-0.2, 0) is 28.6 Å². The minimum atomic E-state index is -0.779. The number of ether oxygens (including phenoxy) is 3. The van der Waals surface area contributed by atoms with Crippen LogP contribution in [0.2, 0.25) is 0 Å². The van der Waals surface area contributed by atoms with Gasteiger partial charge in [0.1, 0.15) is 13.2 Å². The van der Waals surface area contributed by atoms with E-state index in [9.17, 15) is 14.4 Å². The number of rotatable bonds is 59. The molecular formula is C70H122O6. The summed E-state index contributed by atoms with van der Waals surface area (Å²) in [5.74, 6) is -0.873. The summed E-state index contributed by atoms with van der Waals surface area (Å²) >= 11 is 0. The largest absolute Gasteiger partial charge is 0.462 e. The second-order valence-corrected chi connectivity index (χ2v) is 21.6. The number of allylic oxidation sites excluding steroid dienone is 14. The van der Waals surface area contributed by atoms with Gasteiger partial charge in [0.05, 0.1) is 0 Å². The van der Waals surface area contributed by atoms with E-state index in [1.165, 1.54) is 173 Å². The van der Waals surface area contributed by atoms with E-state index in [-0.39, 0.29) is 31.1 Å². The third-order valence-electron chi connectivity index (χ3n) is 14.1. The van der Waals surface area contributed by atoms with Crippen LogP contribution < -0.4 is 0 Å². The van der Waals surface area contributed by atoms with Gasteiger partial charge in [-0.25, -0.2) is 0 Å².